The molecule has 0 saturated heterocycles. The van der Waals surface area contributed by atoms with Crippen LogP contribution < -0.4 is 0 Å². The van der Waals surface area contributed by atoms with E-state index in [9.17, 15) is 0 Å². The Balaban J connectivity index is 1.38. The van der Waals surface area contributed by atoms with E-state index in [4.69, 9.17) is 4.99 Å². The second kappa shape index (κ2) is 8.97. The van der Waals surface area contributed by atoms with Crippen molar-refractivity contribution in [3.8, 4) is 11.1 Å². The van der Waals surface area contributed by atoms with Crippen LogP contribution in [-0.2, 0) is 6.54 Å². The van der Waals surface area contributed by atoms with E-state index >= 15 is 0 Å². The van der Waals surface area contributed by atoms with E-state index in [-0.39, 0.29) is 0 Å². The lowest BCUT2D eigenvalue weighted by Crippen LogP contribution is -2.12. The topological polar surface area (TPSA) is 30.2 Å². The Morgan fingerprint density at radius 3 is 2.42 bits per heavy atom. The standard InChI is InChI=1S/C28H25N3/c1-2-7-23(8-3-1)24-14-12-22(13-15-24)21-31-18-6-11-27(31)19-25-9-5-17-30-28(25)26-10-4-16-29-20-26/h1-4,6-8,10-16,18-20H,5,9,17,21H2/b25-19+. The van der Waals surface area contributed by atoms with Gasteiger partial charge in [0.1, 0.15) is 0 Å². The molecule has 0 atom stereocenters. The van der Waals surface area contributed by atoms with Crippen molar-refractivity contribution in [2.24, 2.45) is 4.99 Å². The summed E-state index contributed by atoms with van der Waals surface area (Å²) < 4.78 is 2.31. The average Bonchev–Trinajstić information content (AvgIpc) is 3.27. The Kier molecular flexibility index (Phi) is 5.57. The van der Waals surface area contributed by atoms with E-state index in [0.29, 0.717) is 0 Å². The van der Waals surface area contributed by atoms with Gasteiger partial charge in [0.25, 0.3) is 0 Å². The van der Waals surface area contributed by atoms with Crippen LogP contribution in [-0.4, -0.2) is 21.8 Å². The number of hydrogen-bond acceptors (Lipinski definition) is 2. The highest BCUT2D eigenvalue weighted by molar-refractivity contribution is 6.15. The summed E-state index contributed by atoms with van der Waals surface area (Å²) >= 11 is 0. The van der Waals surface area contributed by atoms with Crippen molar-refractivity contribution in [1.29, 1.82) is 0 Å². The molecule has 0 saturated carbocycles. The number of nitrogens with zero attached hydrogens (tertiary/aromatic N) is 3. The third-order valence-corrected chi connectivity index (χ3v) is 5.71. The fraction of sp³-hybridized carbons (Fsp3) is 0.143. The van der Waals surface area contributed by atoms with Gasteiger partial charge in [-0.25, -0.2) is 0 Å². The zero-order valence-electron chi connectivity index (χ0n) is 17.5. The van der Waals surface area contributed by atoms with Gasteiger partial charge >= 0.3 is 0 Å². The number of aliphatic imine (C=N–C) groups is 1. The lowest BCUT2D eigenvalue weighted by Gasteiger charge is -2.17. The molecule has 3 heteroatoms. The average molecular weight is 404 g/mol. The summed E-state index contributed by atoms with van der Waals surface area (Å²) in [5.41, 5.74) is 8.47. The first-order chi connectivity index (χ1) is 15.4. The molecule has 1 aliphatic rings. The zero-order valence-corrected chi connectivity index (χ0v) is 17.5. The largest absolute Gasteiger partial charge is 0.344 e. The summed E-state index contributed by atoms with van der Waals surface area (Å²) in [7, 11) is 0. The molecule has 0 N–H and O–H groups in total. The van der Waals surface area contributed by atoms with Crippen LogP contribution in [0.2, 0.25) is 0 Å². The summed E-state index contributed by atoms with van der Waals surface area (Å²) in [5, 5.41) is 0. The molecule has 0 aliphatic carbocycles. The minimum Gasteiger partial charge on any atom is -0.344 e. The van der Waals surface area contributed by atoms with E-state index in [2.05, 4.69) is 94.6 Å². The predicted octanol–water partition coefficient (Wildman–Crippen LogP) is 6.26. The maximum absolute atomic E-state index is 4.81. The first kappa shape index (κ1) is 19.3. The molecular weight excluding hydrogens is 378 g/mol. The molecule has 5 rings (SSSR count). The van der Waals surface area contributed by atoms with Crippen molar-refractivity contribution in [2.45, 2.75) is 19.4 Å². The molecule has 152 valence electrons. The van der Waals surface area contributed by atoms with Crippen molar-refractivity contribution >= 4 is 11.8 Å². The predicted molar refractivity (Wildman–Crippen MR) is 128 cm³/mol. The monoisotopic (exact) mass is 403 g/mol. The number of aromatic nitrogens is 2. The van der Waals surface area contributed by atoms with Gasteiger partial charge in [-0.2, -0.15) is 0 Å². The minimum absolute atomic E-state index is 0.848. The van der Waals surface area contributed by atoms with Gasteiger partial charge in [0.05, 0.1) is 5.71 Å². The third-order valence-electron chi connectivity index (χ3n) is 5.71. The van der Waals surface area contributed by atoms with Gasteiger partial charge in [-0.15, -0.1) is 0 Å². The first-order valence-electron chi connectivity index (χ1n) is 10.8. The van der Waals surface area contributed by atoms with Crippen molar-refractivity contribution in [3.63, 3.8) is 0 Å². The van der Waals surface area contributed by atoms with Crippen LogP contribution in [0.4, 0.5) is 0 Å². The highest BCUT2D eigenvalue weighted by atomic mass is 15.0. The second-order valence-corrected chi connectivity index (χ2v) is 7.87. The smallest absolute Gasteiger partial charge is 0.0694 e. The SMILES string of the molecule is C(=C1/CCCN=C1c1cccnc1)/c1cccn1Cc1ccc(-c2ccccc2)cc1. The van der Waals surface area contributed by atoms with Crippen LogP contribution in [0.15, 0.2) is 108 Å². The Morgan fingerprint density at radius 1 is 0.806 bits per heavy atom. The van der Waals surface area contributed by atoms with Gasteiger partial charge in [-0.1, -0.05) is 54.6 Å². The summed E-state index contributed by atoms with van der Waals surface area (Å²) in [6.45, 7) is 1.73. The van der Waals surface area contributed by atoms with E-state index in [1.807, 2.05) is 18.5 Å². The van der Waals surface area contributed by atoms with E-state index in [0.717, 1.165) is 37.2 Å². The summed E-state index contributed by atoms with van der Waals surface area (Å²) in [4.78, 5) is 9.09. The molecule has 2 aromatic carbocycles. The fourth-order valence-electron chi connectivity index (χ4n) is 4.11. The lowest BCUT2D eigenvalue weighted by molar-refractivity contribution is 0.792. The van der Waals surface area contributed by atoms with Crippen LogP contribution in [0, 0.1) is 0 Å². The molecule has 31 heavy (non-hydrogen) atoms. The van der Waals surface area contributed by atoms with Crippen LogP contribution in [0.5, 0.6) is 0 Å². The summed E-state index contributed by atoms with van der Waals surface area (Å²) in [6, 6.07) is 27.8. The summed E-state index contributed by atoms with van der Waals surface area (Å²) in [6.07, 6.45) is 10.3. The van der Waals surface area contributed by atoms with Crippen molar-refractivity contribution in [3.05, 3.63) is 120 Å². The molecule has 3 nitrogen and oxygen atoms in total. The van der Waals surface area contributed by atoms with Crippen LogP contribution in [0.3, 0.4) is 0 Å². The maximum atomic E-state index is 4.81. The van der Waals surface area contributed by atoms with Crippen LogP contribution in [0.25, 0.3) is 17.2 Å². The molecule has 0 fully saturated rings. The zero-order chi connectivity index (χ0) is 20.9. The molecular formula is C28H25N3. The van der Waals surface area contributed by atoms with E-state index < -0.39 is 0 Å². The molecule has 0 bridgehead atoms. The van der Waals surface area contributed by atoms with Gasteiger partial charge in [0, 0.05) is 42.9 Å². The van der Waals surface area contributed by atoms with Crippen molar-refractivity contribution in [1.82, 2.24) is 9.55 Å². The van der Waals surface area contributed by atoms with Crippen molar-refractivity contribution in [2.75, 3.05) is 6.54 Å². The van der Waals surface area contributed by atoms with Gasteiger partial charge in [-0.05, 0) is 65.4 Å². The van der Waals surface area contributed by atoms with E-state index in [1.54, 1.807) is 0 Å². The molecule has 0 unspecified atom stereocenters. The molecule has 1 aliphatic heterocycles. The Labute approximate surface area is 183 Å². The Morgan fingerprint density at radius 2 is 1.61 bits per heavy atom. The molecule has 0 spiro atoms. The highest BCUT2D eigenvalue weighted by Gasteiger charge is 2.15. The molecule has 0 amide bonds. The lowest BCUT2D eigenvalue weighted by atomic mass is 9.96. The van der Waals surface area contributed by atoms with Crippen LogP contribution in [0.1, 0.15) is 29.7 Å². The Bertz CT molecular complexity index is 1200. The molecule has 3 heterocycles. The number of pyridine rings is 1. The quantitative estimate of drug-likeness (QED) is 0.386. The number of allylic oxidation sites excluding steroid dienone is 1. The molecule has 2 aromatic heterocycles. The van der Waals surface area contributed by atoms with E-state index in [1.165, 1.54) is 28.0 Å². The van der Waals surface area contributed by atoms with Gasteiger partial charge in [0.15, 0.2) is 0 Å². The number of benzene rings is 2. The minimum atomic E-state index is 0.848. The normalized spacial score (nSPS) is 15.1. The second-order valence-electron chi connectivity index (χ2n) is 7.87. The first-order valence-corrected chi connectivity index (χ1v) is 10.8. The van der Waals surface area contributed by atoms with Gasteiger partial charge in [0.2, 0.25) is 0 Å². The van der Waals surface area contributed by atoms with Crippen molar-refractivity contribution < 1.29 is 0 Å². The highest BCUT2D eigenvalue weighted by Crippen LogP contribution is 2.23. The van der Waals surface area contributed by atoms with Gasteiger partial charge in [-0.3, -0.25) is 9.98 Å². The van der Waals surface area contributed by atoms with Crippen LogP contribution >= 0.6 is 0 Å². The third kappa shape index (κ3) is 4.41. The van der Waals surface area contributed by atoms with Gasteiger partial charge < -0.3 is 4.57 Å². The number of hydrogen-bond donors (Lipinski definition) is 0. The molecule has 0 radical (unpaired) electrons. The Hall–Kier alpha value is -3.72. The summed E-state index contributed by atoms with van der Waals surface area (Å²) in [5.74, 6) is 0. The number of rotatable bonds is 5. The molecule has 4 aromatic rings. The maximum Gasteiger partial charge on any atom is 0.0694 e. The fourth-order valence-corrected chi connectivity index (χ4v) is 4.11.